The van der Waals surface area contributed by atoms with Gasteiger partial charge in [-0.25, -0.2) is 0 Å². The molecule has 1 amide bonds. The first-order chi connectivity index (χ1) is 13.0. The summed E-state index contributed by atoms with van der Waals surface area (Å²) in [4.78, 5) is 14.7. The van der Waals surface area contributed by atoms with Crippen LogP contribution in [-0.4, -0.2) is 37.3 Å². The Labute approximate surface area is 160 Å². The van der Waals surface area contributed by atoms with E-state index >= 15 is 0 Å². The highest BCUT2D eigenvalue weighted by Crippen LogP contribution is 2.39. The van der Waals surface area contributed by atoms with Crippen molar-refractivity contribution < 1.29 is 27.5 Å². The summed E-state index contributed by atoms with van der Waals surface area (Å²) in [5.41, 5.74) is 0.907. The van der Waals surface area contributed by atoms with E-state index in [4.69, 9.17) is 13.9 Å². The van der Waals surface area contributed by atoms with E-state index in [0.717, 1.165) is 18.4 Å². The smallest absolute Gasteiger partial charge is 0.290 e. The summed E-state index contributed by atoms with van der Waals surface area (Å²) in [5, 5.41) is 0. The van der Waals surface area contributed by atoms with E-state index in [-0.39, 0.29) is 23.5 Å². The third kappa shape index (κ3) is 4.37. The Hall–Kier alpha value is -2.22. The van der Waals surface area contributed by atoms with Crippen LogP contribution in [0.2, 0.25) is 0 Å². The fourth-order valence-electron chi connectivity index (χ4n) is 3.28. The first-order valence-electron chi connectivity index (χ1n) is 8.55. The molecule has 2 heterocycles. The van der Waals surface area contributed by atoms with E-state index in [1.165, 1.54) is 0 Å². The maximum atomic E-state index is 12.9. The average Bonchev–Trinajstić information content (AvgIpc) is 3.34. The van der Waals surface area contributed by atoms with E-state index in [0.29, 0.717) is 35.6 Å². The third-order valence-corrected chi connectivity index (χ3v) is 5.24. The molecular weight excluding hydrogens is 376 g/mol. The number of ether oxygens (including phenoxy) is 2. The minimum Gasteiger partial charge on any atom is -0.497 e. The van der Waals surface area contributed by atoms with Gasteiger partial charge in [0.25, 0.3) is 11.7 Å². The summed E-state index contributed by atoms with van der Waals surface area (Å²) in [5.74, 6) is -0.823. The van der Waals surface area contributed by atoms with Crippen LogP contribution in [0.1, 0.15) is 40.8 Å². The standard InChI is InChI=1S/C19H21F2NO4S/c1-24-12-5-7-14(17(10-12)25-2)15-4-3-9-22(15)18(23)16-8-6-13(26-16)11-27-19(20)21/h5-8,10,15,19H,3-4,9,11H2,1-2H3. The number of methoxy groups -OCH3 is 2. The SMILES string of the molecule is COc1ccc(C2CCCN2C(=O)c2ccc(CSC(F)F)o2)c(OC)c1. The normalized spacial score (nSPS) is 16.8. The number of alkyl halides is 2. The molecule has 1 aromatic carbocycles. The number of nitrogens with zero attached hydrogens (tertiary/aromatic N) is 1. The Morgan fingerprint density at radius 1 is 1.30 bits per heavy atom. The van der Waals surface area contributed by atoms with Crippen LogP contribution >= 0.6 is 11.8 Å². The number of thioether (sulfide) groups is 1. The highest BCUT2D eigenvalue weighted by atomic mass is 32.2. The van der Waals surface area contributed by atoms with Gasteiger partial charge in [-0.05, 0) is 37.1 Å². The quantitative estimate of drug-likeness (QED) is 0.676. The van der Waals surface area contributed by atoms with Crippen LogP contribution in [0.15, 0.2) is 34.7 Å². The van der Waals surface area contributed by atoms with E-state index < -0.39 is 5.76 Å². The van der Waals surface area contributed by atoms with E-state index in [1.54, 1.807) is 37.3 Å². The number of rotatable bonds is 7. The minimum atomic E-state index is -2.47. The molecule has 2 aromatic rings. The highest BCUT2D eigenvalue weighted by molar-refractivity contribution is 7.98. The van der Waals surface area contributed by atoms with E-state index in [9.17, 15) is 13.6 Å². The lowest BCUT2D eigenvalue weighted by molar-refractivity contribution is 0.0700. The van der Waals surface area contributed by atoms with Gasteiger partial charge in [-0.2, -0.15) is 8.78 Å². The van der Waals surface area contributed by atoms with Gasteiger partial charge < -0.3 is 18.8 Å². The average molecular weight is 397 g/mol. The number of halogens is 2. The number of furan rings is 1. The number of benzene rings is 1. The Morgan fingerprint density at radius 2 is 2.11 bits per heavy atom. The molecule has 27 heavy (non-hydrogen) atoms. The number of amides is 1. The molecule has 5 nitrogen and oxygen atoms in total. The molecule has 1 atom stereocenters. The van der Waals surface area contributed by atoms with Crippen LogP contribution in [-0.2, 0) is 5.75 Å². The van der Waals surface area contributed by atoms with Gasteiger partial charge in [-0.3, -0.25) is 4.79 Å². The lowest BCUT2D eigenvalue weighted by Crippen LogP contribution is -2.30. The molecule has 1 fully saturated rings. The van der Waals surface area contributed by atoms with Gasteiger partial charge in [0, 0.05) is 18.2 Å². The maximum Gasteiger partial charge on any atom is 0.290 e. The van der Waals surface area contributed by atoms with Crippen LogP contribution in [0.4, 0.5) is 8.78 Å². The molecule has 1 aromatic heterocycles. The van der Waals surface area contributed by atoms with Gasteiger partial charge in [0.15, 0.2) is 5.76 Å². The molecule has 0 bridgehead atoms. The van der Waals surface area contributed by atoms with Crippen molar-refractivity contribution in [2.45, 2.75) is 30.4 Å². The van der Waals surface area contributed by atoms with Gasteiger partial charge in [0.2, 0.25) is 0 Å². The van der Waals surface area contributed by atoms with Crippen molar-refractivity contribution in [1.82, 2.24) is 4.90 Å². The van der Waals surface area contributed by atoms with E-state index in [1.807, 2.05) is 12.1 Å². The van der Waals surface area contributed by atoms with Gasteiger partial charge in [-0.1, -0.05) is 11.8 Å². The van der Waals surface area contributed by atoms with Crippen molar-refractivity contribution in [1.29, 1.82) is 0 Å². The second-order valence-electron chi connectivity index (χ2n) is 6.10. The number of hydrogen-bond acceptors (Lipinski definition) is 5. The van der Waals surface area contributed by atoms with Crippen molar-refractivity contribution in [3.8, 4) is 11.5 Å². The van der Waals surface area contributed by atoms with Crippen molar-refractivity contribution >= 4 is 17.7 Å². The first-order valence-corrected chi connectivity index (χ1v) is 9.59. The first kappa shape index (κ1) is 19.5. The molecule has 1 saturated heterocycles. The fourth-order valence-corrected chi connectivity index (χ4v) is 3.73. The lowest BCUT2D eigenvalue weighted by atomic mass is 10.0. The molecule has 1 unspecified atom stereocenters. The van der Waals surface area contributed by atoms with Gasteiger partial charge >= 0.3 is 0 Å². The molecule has 0 spiro atoms. The number of likely N-dealkylation sites (tertiary alicyclic amines) is 1. The molecule has 1 aliphatic rings. The van der Waals surface area contributed by atoms with Crippen molar-refractivity contribution in [2.24, 2.45) is 0 Å². The molecule has 8 heteroatoms. The van der Waals surface area contributed by atoms with Crippen LogP contribution in [0.3, 0.4) is 0 Å². The number of hydrogen-bond donors (Lipinski definition) is 0. The van der Waals surface area contributed by atoms with Gasteiger partial charge in [0.1, 0.15) is 17.3 Å². The Kier molecular flexibility index (Phi) is 6.26. The number of carbonyl (C=O) groups excluding carboxylic acids is 1. The summed E-state index contributed by atoms with van der Waals surface area (Å²) < 4.78 is 40.8. The monoisotopic (exact) mass is 397 g/mol. The van der Waals surface area contributed by atoms with Crippen molar-refractivity contribution in [3.05, 3.63) is 47.4 Å². The van der Waals surface area contributed by atoms with Crippen molar-refractivity contribution in [2.75, 3.05) is 20.8 Å². The van der Waals surface area contributed by atoms with Crippen LogP contribution in [0, 0.1) is 0 Å². The van der Waals surface area contributed by atoms with Crippen molar-refractivity contribution in [3.63, 3.8) is 0 Å². The molecule has 146 valence electrons. The fraction of sp³-hybridized carbons (Fsp3) is 0.421. The summed E-state index contributed by atoms with van der Waals surface area (Å²) in [7, 11) is 3.17. The second kappa shape index (κ2) is 8.65. The third-order valence-electron chi connectivity index (χ3n) is 4.54. The summed E-state index contributed by atoms with van der Waals surface area (Å²) in [6.07, 6.45) is 1.67. The van der Waals surface area contributed by atoms with Gasteiger partial charge in [0.05, 0.1) is 26.0 Å². The largest absolute Gasteiger partial charge is 0.497 e. The second-order valence-corrected chi connectivity index (χ2v) is 7.08. The summed E-state index contributed by atoms with van der Waals surface area (Å²) in [6, 6.07) is 8.52. The predicted molar refractivity (Wildman–Crippen MR) is 98.6 cm³/mol. The van der Waals surface area contributed by atoms with Crippen LogP contribution in [0.5, 0.6) is 11.5 Å². The molecule has 0 N–H and O–H groups in total. The zero-order valence-electron chi connectivity index (χ0n) is 15.1. The molecule has 0 aliphatic carbocycles. The number of carbonyl (C=O) groups is 1. The maximum absolute atomic E-state index is 12.9. The van der Waals surface area contributed by atoms with Crippen LogP contribution in [0.25, 0.3) is 0 Å². The zero-order valence-corrected chi connectivity index (χ0v) is 15.9. The molecule has 0 saturated carbocycles. The summed E-state index contributed by atoms with van der Waals surface area (Å²) in [6.45, 7) is 0.598. The molecule has 3 rings (SSSR count). The minimum absolute atomic E-state index is 0.0285. The van der Waals surface area contributed by atoms with Gasteiger partial charge in [-0.15, -0.1) is 0 Å². The predicted octanol–water partition coefficient (Wildman–Crippen LogP) is 4.73. The summed E-state index contributed by atoms with van der Waals surface area (Å²) >= 11 is 0.467. The Bertz CT molecular complexity index is 796. The highest BCUT2D eigenvalue weighted by Gasteiger charge is 2.33. The Balaban J connectivity index is 1.79. The molecule has 0 radical (unpaired) electrons. The topological polar surface area (TPSA) is 51.9 Å². The van der Waals surface area contributed by atoms with E-state index in [2.05, 4.69) is 0 Å². The van der Waals surface area contributed by atoms with Crippen LogP contribution < -0.4 is 9.47 Å². The Morgan fingerprint density at radius 3 is 2.81 bits per heavy atom. The zero-order chi connectivity index (χ0) is 19.4. The molecular formula is C19H21F2NO4S. The molecule has 1 aliphatic heterocycles. The lowest BCUT2D eigenvalue weighted by Gasteiger charge is -2.25.